The van der Waals surface area contributed by atoms with Gasteiger partial charge in [-0.25, -0.2) is 4.79 Å². The first-order valence-corrected chi connectivity index (χ1v) is 5.26. The molecule has 0 amide bonds. The van der Waals surface area contributed by atoms with Crippen LogP contribution >= 0.6 is 0 Å². The number of benzene rings is 1. The van der Waals surface area contributed by atoms with Crippen LogP contribution in [0.3, 0.4) is 0 Å². The van der Waals surface area contributed by atoms with Gasteiger partial charge < -0.3 is 9.84 Å². The van der Waals surface area contributed by atoms with Crippen LogP contribution in [0.4, 0.5) is 0 Å². The maximum absolute atomic E-state index is 10.4. The number of aliphatic carboxylic acids is 1. The summed E-state index contributed by atoms with van der Waals surface area (Å²) in [7, 11) is 1.64. The zero-order valence-corrected chi connectivity index (χ0v) is 9.09. The van der Waals surface area contributed by atoms with Gasteiger partial charge in [-0.1, -0.05) is 18.2 Å². The molecule has 1 aromatic rings. The zero-order chi connectivity index (χ0) is 11.5. The molecule has 1 fully saturated rings. The molecule has 0 spiro atoms. The van der Waals surface area contributed by atoms with Gasteiger partial charge in [-0.3, -0.25) is 0 Å². The molecular weight excluding hydrogens is 204 g/mol. The average Bonchev–Trinajstić information content (AvgIpc) is 3.06. The third kappa shape index (κ3) is 2.42. The molecule has 1 N–H and O–H groups in total. The average molecular weight is 218 g/mol. The van der Waals surface area contributed by atoms with Gasteiger partial charge in [-0.15, -0.1) is 0 Å². The number of carbonyl (C=O) groups is 1. The third-order valence-corrected chi connectivity index (χ3v) is 2.87. The molecule has 0 bridgehead atoms. The SMILES string of the molecule is COc1ccc(C2CC2C=CC(=O)O)cc1. The molecule has 2 unspecified atom stereocenters. The molecule has 0 saturated heterocycles. The van der Waals surface area contributed by atoms with Crippen LogP contribution in [-0.4, -0.2) is 18.2 Å². The van der Waals surface area contributed by atoms with Crippen LogP contribution in [-0.2, 0) is 4.79 Å². The second-order valence-corrected chi connectivity index (χ2v) is 3.98. The number of hydrogen-bond acceptors (Lipinski definition) is 2. The maximum atomic E-state index is 10.4. The number of allylic oxidation sites excluding steroid dienone is 1. The molecule has 3 nitrogen and oxygen atoms in total. The highest BCUT2D eigenvalue weighted by molar-refractivity contribution is 5.79. The van der Waals surface area contributed by atoms with E-state index in [1.807, 2.05) is 24.3 Å². The van der Waals surface area contributed by atoms with Crippen LogP contribution in [0.1, 0.15) is 17.9 Å². The third-order valence-electron chi connectivity index (χ3n) is 2.87. The van der Waals surface area contributed by atoms with Gasteiger partial charge >= 0.3 is 5.97 Å². The Morgan fingerprint density at radius 1 is 1.44 bits per heavy atom. The van der Waals surface area contributed by atoms with Crippen LogP contribution in [0.5, 0.6) is 5.75 Å². The van der Waals surface area contributed by atoms with E-state index in [2.05, 4.69) is 0 Å². The van der Waals surface area contributed by atoms with E-state index in [0.717, 1.165) is 12.2 Å². The number of carboxylic acid groups (broad SMARTS) is 1. The molecule has 16 heavy (non-hydrogen) atoms. The standard InChI is InChI=1S/C13H14O3/c1-16-11-5-2-9(3-6-11)12-8-10(12)4-7-13(14)15/h2-7,10,12H,8H2,1H3,(H,14,15). The van der Waals surface area contributed by atoms with Gasteiger partial charge in [-0.05, 0) is 36.0 Å². The van der Waals surface area contributed by atoms with Crippen LogP contribution < -0.4 is 4.74 Å². The molecule has 1 aromatic carbocycles. The number of carboxylic acids is 1. The zero-order valence-electron chi connectivity index (χ0n) is 9.09. The van der Waals surface area contributed by atoms with Gasteiger partial charge in [0.25, 0.3) is 0 Å². The molecular formula is C13H14O3. The molecule has 1 saturated carbocycles. The van der Waals surface area contributed by atoms with Crippen molar-refractivity contribution >= 4 is 5.97 Å². The Morgan fingerprint density at radius 2 is 2.12 bits per heavy atom. The summed E-state index contributed by atoms with van der Waals surface area (Å²) >= 11 is 0. The molecule has 0 aliphatic heterocycles. The van der Waals surface area contributed by atoms with Gasteiger partial charge in [0.05, 0.1) is 7.11 Å². The Labute approximate surface area is 94.4 Å². The largest absolute Gasteiger partial charge is 0.497 e. The van der Waals surface area contributed by atoms with Crippen LogP contribution in [0.2, 0.25) is 0 Å². The second-order valence-electron chi connectivity index (χ2n) is 3.98. The quantitative estimate of drug-likeness (QED) is 0.789. The summed E-state index contributed by atoms with van der Waals surface area (Å²) < 4.78 is 5.08. The first-order valence-electron chi connectivity index (χ1n) is 5.26. The first kappa shape index (κ1) is 10.7. The van der Waals surface area contributed by atoms with E-state index in [1.165, 1.54) is 11.6 Å². The fourth-order valence-corrected chi connectivity index (χ4v) is 1.87. The molecule has 1 aliphatic rings. The van der Waals surface area contributed by atoms with Crippen LogP contribution in [0.15, 0.2) is 36.4 Å². The number of methoxy groups -OCH3 is 1. The monoisotopic (exact) mass is 218 g/mol. The summed E-state index contributed by atoms with van der Waals surface area (Å²) in [6.45, 7) is 0. The van der Waals surface area contributed by atoms with Crippen molar-refractivity contribution in [2.24, 2.45) is 5.92 Å². The van der Waals surface area contributed by atoms with E-state index in [1.54, 1.807) is 13.2 Å². The van der Waals surface area contributed by atoms with Crippen molar-refractivity contribution in [1.29, 1.82) is 0 Å². The summed E-state index contributed by atoms with van der Waals surface area (Å²) in [6.07, 6.45) is 4.04. The fourth-order valence-electron chi connectivity index (χ4n) is 1.87. The Balaban J connectivity index is 1.97. The lowest BCUT2D eigenvalue weighted by molar-refractivity contribution is -0.131. The molecule has 2 atom stereocenters. The molecule has 2 rings (SSSR count). The summed E-state index contributed by atoms with van der Waals surface area (Å²) in [6, 6.07) is 7.95. The normalized spacial score (nSPS) is 23.3. The van der Waals surface area contributed by atoms with Crippen molar-refractivity contribution < 1.29 is 14.6 Å². The summed E-state index contributed by atoms with van der Waals surface area (Å²) in [5, 5.41) is 8.51. The van der Waals surface area contributed by atoms with Gasteiger partial charge in [0.1, 0.15) is 5.75 Å². The maximum Gasteiger partial charge on any atom is 0.327 e. The highest BCUT2D eigenvalue weighted by Crippen LogP contribution is 2.48. The molecule has 0 radical (unpaired) electrons. The van der Waals surface area contributed by atoms with E-state index in [0.29, 0.717) is 11.8 Å². The van der Waals surface area contributed by atoms with E-state index in [9.17, 15) is 4.79 Å². The fraction of sp³-hybridized carbons (Fsp3) is 0.308. The summed E-state index contributed by atoms with van der Waals surface area (Å²) in [5.41, 5.74) is 1.25. The molecule has 1 aliphatic carbocycles. The Kier molecular flexibility index (Phi) is 2.95. The van der Waals surface area contributed by atoms with E-state index >= 15 is 0 Å². The van der Waals surface area contributed by atoms with Crippen LogP contribution in [0, 0.1) is 5.92 Å². The molecule has 0 heterocycles. The molecule has 0 aromatic heterocycles. The van der Waals surface area contributed by atoms with Gasteiger partial charge in [0, 0.05) is 6.08 Å². The number of rotatable bonds is 4. The minimum Gasteiger partial charge on any atom is -0.497 e. The Bertz CT molecular complexity index is 406. The van der Waals surface area contributed by atoms with E-state index in [4.69, 9.17) is 9.84 Å². The highest BCUT2D eigenvalue weighted by Gasteiger charge is 2.36. The second kappa shape index (κ2) is 4.39. The topological polar surface area (TPSA) is 46.5 Å². The van der Waals surface area contributed by atoms with Crippen molar-refractivity contribution in [3.8, 4) is 5.75 Å². The summed E-state index contributed by atoms with van der Waals surface area (Å²) in [4.78, 5) is 10.4. The predicted octanol–water partition coefficient (Wildman–Crippen LogP) is 2.44. The lowest BCUT2D eigenvalue weighted by atomic mass is 10.1. The lowest BCUT2D eigenvalue weighted by Crippen LogP contribution is -1.87. The van der Waals surface area contributed by atoms with E-state index < -0.39 is 5.97 Å². The lowest BCUT2D eigenvalue weighted by Gasteiger charge is -2.01. The number of hydrogen-bond donors (Lipinski definition) is 1. The smallest absolute Gasteiger partial charge is 0.327 e. The van der Waals surface area contributed by atoms with Gasteiger partial charge in [0.15, 0.2) is 0 Å². The molecule has 3 heteroatoms. The Morgan fingerprint density at radius 3 is 2.69 bits per heavy atom. The van der Waals surface area contributed by atoms with Gasteiger partial charge in [-0.2, -0.15) is 0 Å². The van der Waals surface area contributed by atoms with Crippen LogP contribution in [0.25, 0.3) is 0 Å². The van der Waals surface area contributed by atoms with Gasteiger partial charge in [0.2, 0.25) is 0 Å². The number of ether oxygens (including phenoxy) is 1. The van der Waals surface area contributed by atoms with E-state index in [-0.39, 0.29) is 0 Å². The van der Waals surface area contributed by atoms with Crippen molar-refractivity contribution in [1.82, 2.24) is 0 Å². The first-order chi connectivity index (χ1) is 7.70. The minimum absolute atomic E-state index is 0.379. The molecule has 84 valence electrons. The summed E-state index contributed by atoms with van der Waals surface area (Å²) in [5.74, 6) is 0.827. The van der Waals surface area contributed by atoms with Crippen molar-refractivity contribution in [2.75, 3.05) is 7.11 Å². The highest BCUT2D eigenvalue weighted by atomic mass is 16.5. The predicted molar refractivity (Wildman–Crippen MR) is 60.6 cm³/mol. The van der Waals surface area contributed by atoms with Crippen molar-refractivity contribution in [3.05, 3.63) is 42.0 Å². The van der Waals surface area contributed by atoms with Crippen molar-refractivity contribution in [2.45, 2.75) is 12.3 Å². The van der Waals surface area contributed by atoms with Crippen molar-refractivity contribution in [3.63, 3.8) is 0 Å². The minimum atomic E-state index is -0.875. The Hall–Kier alpha value is -1.77.